The van der Waals surface area contributed by atoms with E-state index in [0.717, 1.165) is 11.4 Å². The van der Waals surface area contributed by atoms with E-state index in [1.54, 1.807) is 0 Å². The van der Waals surface area contributed by atoms with Gasteiger partial charge in [-0.1, -0.05) is 54.1 Å². The number of nitrogens with one attached hydrogen (secondary N) is 1. The summed E-state index contributed by atoms with van der Waals surface area (Å²) in [5, 5.41) is 3.75. The minimum absolute atomic E-state index is 0.0902. The molecule has 0 aliphatic carbocycles. The lowest BCUT2D eigenvalue weighted by atomic mass is 9.87. The van der Waals surface area contributed by atoms with Gasteiger partial charge in [0.05, 0.1) is 0 Å². The van der Waals surface area contributed by atoms with Crippen molar-refractivity contribution in [3.8, 4) is 0 Å². The minimum atomic E-state index is -0.195. The highest BCUT2D eigenvalue weighted by Crippen LogP contribution is 2.30. The Labute approximate surface area is 143 Å². The topological polar surface area (TPSA) is 29.1 Å². The number of hydrogen-bond acceptors (Lipinski definition) is 1. The van der Waals surface area contributed by atoms with Crippen molar-refractivity contribution >= 4 is 17.5 Å². The van der Waals surface area contributed by atoms with Crippen molar-refractivity contribution in [3.05, 3.63) is 70.7 Å². The highest BCUT2D eigenvalue weighted by Gasteiger charge is 2.18. The first-order valence-electron chi connectivity index (χ1n) is 7.96. The van der Waals surface area contributed by atoms with Crippen molar-refractivity contribution in [2.45, 2.75) is 45.1 Å². The fourth-order valence-electron chi connectivity index (χ4n) is 2.66. The summed E-state index contributed by atoms with van der Waals surface area (Å²) in [7, 11) is 0. The molecular formula is C20H24ClNO. The van der Waals surface area contributed by atoms with Crippen molar-refractivity contribution in [3.63, 3.8) is 0 Å². The van der Waals surface area contributed by atoms with E-state index in [-0.39, 0.29) is 17.4 Å². The van der Waals surface area contributed by atoms with Crippen LogP contribution in [0, 0.1) is 0 Å². The van der Waals surface area contributed by atoms with Gasteiger partial charge in [-0.05, 0) is 50.5 Å². The molecule has 23 heavy (non-hydrogen) atoms. The molecule has 0 unspecified atom stereocenters. The second-order valence-electron chi connectivity index (χ2n) is 6.85. The highest BCUT2D eigenvalue weighted by molar-refractivity contribution is 6.30. The van der Waals surface area contributed by atoms with Crippen molar-refractivity contribution in [1.29, 1.82) is 0 Å². The minimum Gasteiger partial charge on any atom is -0.352 e. The summed E-state index contributed by atoms with van der Waals surface area (Å²) < 4.78 is 0. The quantitative estimate of drug-likeness (QED) is 0.805. The third kappa shape index (κ3) is 5.72. The Morgan fingerprint density at radius 3 is 2.13 bits per heavy atom. The number of halogens is 1. The van der Waals surface area contributed by atoms with E-state index in [2.05, 4.69) is 17.4 Å². The zero-order valence-electron chi connectivity index (χ0n) is 14.0. The second kappa shape index (κ2) is 7.65. The number of carbonyl (C=O) groups is 1. The summed E-state index contributed by atoms with van der Waals surface area (Å²) in [6.07, 6.45) is 1.27. The molecule has 1 N–H and O–H groups in total. The fraction of sp³-hybridized carbons (Fsp3) is 0.350. The smallest absolute Gasteiger partial charge is 0.220 e. The van der Waals surface area contributed by atoms with Gasteiger partial charge in [-0.2, -0.15) is 0 Å². The molecule has 0 aliphatic heterocycles. The molecule has 3 heteroatoms. The molecule has 0 bridgehead atoms. The molecule has 122 valence electrons. The normalized spacial score (nSPS) is 12.7. The first kappa shape index (κ1) is 17.6. The van der Waals surface area contributed by atoms with Crippen molar-refractivity contribution in [2.75, 3.05) is 0 Å². The molecule has 0 spiro atoms. The maximum absolute atomic E-state index is 12.1. The average molecular weight is 330 g/mol. The van der Waals surface area contributed by atoms with Crippen LogP contribution in [0.1, 0.15) is 50.7 Å². The van der Waals surface area contributed by atoms with Gasteiger partial charge >= 0.3 is 0 Å². The van der Waals surface area contributed by atoms with Gasteiger partial charge in [0.15, 0.2) is 0 Å². The summed E-state index contributed by atoms with van der Waals surface area (Å²) in [5.74, 6) is 0.284. The zero-order valence-corrected chi connectivity index (χ0v) is 14.7. The lowest BCUT2D eigenvalue weighted by Crippen LogP contribution is -2.40. The van der Waals surface area contributed by atoms with E-state index in [4.69, 9.17) is 11.6 Å². The SMILES string of the molecule is CC(C)(C)NC(=O)CC[C@H](c1ccccc1)c1ccc(Cl)cc1. The van der Waals surface area contributed by atoms with E-state index in [1.165, 1.54) is 11.1 Å². The predicted octanol–water partition coefficient (Wildman–Crippen LogP) is 5.17. The Morgan fingerprint density at radius 1 is 1.00 bits per heavy atom. The number of amides is 1. The number of rotatable bonds is 5. The summed E-state index contributed by atoms with van der Waals surface area (Å²) in [4.78, 5) is 12.1. The maximum atomic E-state index is 12.1. The van der Waals surface area contributed by atoms with Crippen LogP contribution in [-0.4, -0.2) is 11.4 Å². The Balaban J connectivity index is 2.15. The van der Waals surface area contributed by atoms with Crippen LogP contribution >= 0.6 is 11.6 Å². The number of hydrogen-bond donors (Lipinski definition) is 1. The largest absolute Gasteiger partial charge is 0.352 e. The van der Waals surface area contributed by atoms with Crippen LogP contribution in [0.4, 0.5) is 0 Å². The first-order chi connectivity index (χ1) is 10.8. The van der Waals surface area contributed by atoms with Gasteiger partial charge in [0.25, 0.3) is 0 Å². The van der Waals surface area contributed by atoms with E-state index >= 15 is 0 Å². The standard InChI is InChI=1S/C20H24ClNO/c1-20(2,3)22-19(23)14-13-18(15-7-5-4-6-8-15)16-9-11-17(21)12-10-16/h4-12,18H,13-14H2,1-3H3,(H,22,23)/t18-/m1/s1. The van der Waals surface area contributed by atoms with Crippen LogP contribution < -0.4 is 5.32 Å². The zero-order chi connectivity index (χ0) is 16.9. The molecule has 0 fully saturated rings. The molecule has 1 amide bonds. The third-order valence-corrected chi connectivity index (χ3v) is 3.90. The second-order valence-corrected chi connectivity index (χ2v) is 7.29. The molecule has 0 radical (unpaired) electrons. The summed E-state index contributed by atoms with van der Waals surface area (Å²) in [6, 6.07) is 18.2. The first-order valence-corrected chi connectivity index (χ1v) is 8.34. The number of carbonyl (C=O) groups excluding carboxylic acids is 1. The monoisotopic (exact) mass is 329 g/mol. The summed E-state index contributed by atoms with van der Waals surface area (Å²) in [5.41, 5.74) is 2.21. The van der Waals surface area contributed by atoms with E-state index in [1.807, 2.05) is 63.2 Å². The van der Waals surface area contributed by atoms with Gasteiger partial charge in [-0.3, -0.25) is 4.79 Å². The maximum Gasteiger partial charge on any atom is 0.220 e. The molecule has 0 saturated heterocycles. The Hall–Kier alpha value is -1.80. The summed E-state index contributed by atoms with van der Waals surface area (Å²) >= 11 is 6.00. The van der Waals surface area contributed by atoms with Crippen molar-refractivity contribution < 1.29 is 4.79 Å². The van der Waals surface area contributed by atoms with Crippen molar-refractivity contribution in [1.82, 2.24) is 5.32 Å². The van der Waals surface area contributed by atoms with E-state index < -0.39 is 0 Å². The molecule has 2 rings (SSSR count). The Bertz CT molecular complexity index is 629. The lowest BCUT2D eigenvalue weighted by Gasteiger charge is -2.22. The third-order valence-electron chi connectivity index (χ3n) is 3.65. The molecule has 2 nitrogen and oxygen atoms in total. The lowest BCUT2D eigenvalue weighted by molar-refractivity contribution is -0.122. The van der Waals surface area contributed by atoms with Gasteiger partial charge in [-0.25, -0.2) is 0 Å². The van der Waals surface area contributed by atoms with E-state index in [0.29, 0.717) is 6.42 Å². The average Bonchev–Trinajstić information content (AvgIpc) is 2.48. The molecule has 0 heterocycles. The van der Waals surface area contributed by atoms with Gasteiger partial charge in [-0.15, -0.1) is 0 Å². The Kier molecular flexibility index (Phi) is 5.84. The highest BCUT2D eigenvalue weighted by atomic mass is 35.5. The van der Waals surface area contributed by atoms with Crippen LogP contribution in [-0.2, 0) is 4.79 Å². The van der Waals surface area contributed by atoms with Gasteiger partial charge in [0.2, 0.25) is 5.91 Å². The van der Waals surface area contributed by atoms with Crippen LogP contribution in [0.2, 0.25) is 5.02 Å². The van der Waals surface area contributed by atoms with Crippen LogP contribution in [0.5, 0.6) is 0 Å². The molecule has 1 atom stereocenters. The Morgan fingerprint density at radius 2 is 1.57 bits per heavy atom. The molecule has 2 aromatic carbocycles. The van der Waals surface area contributed by atoms with Gasteiger partial charge < -0.3 is 5.32 Å². The van der Waals surface area contributed by atoms with Crippen LogP contribution in [0.25, 0.3) is 0 Å². The molecule has 0 saturated carbocycles. The van der Waals surface area contributed by atoms with E-state index in [9.17, 15) is 4.79 Å². The van der Waals surface area contributed by atoms with Gasteiger partial charge in [0.1, 0.15) is 0 Å². The fourth-order valence-corrected chi connectivity index (χ4v) is 2.79. The van der Waals surface area contributed by atoms with Crippen LogP contribution in [0.3, 0.4) is 0 Å². The molecular weight excluding hydrogens is 306 g/mol. The number of benzene rings is 2. The van der Waals surface area contributed by atoms with Crippen LogP contribution in [0.15, 0.2) is 54.6 Å². The van der Waals surface area contributed by atoms with Crippen molar-refractivity contribution in [2.24, 2.45) is 0 Å². The predicted molar refractivity (Wildman–Crippen MR) is 96.9 cm³/mol. The molecule has 2 aromatic rings. The molecule has 0 aromatic heterocycles. The summed E-state index contributed by atoms with van der Waals surface area (Å²) in [6.45, 7) is 6.00. The van der Waals surface area contributed by atoms with Gasteiger partial charge in [0, 0.05) is 22.9 Å². The molecule has 0 aliphatic rings.